The minimum absolute atomic E-state index is 0.118. The van der Waals surface area contributed by atoms with Crippen LogP contribution >= 0.6 is 0 Å². The molecule has 0 amide bonds. The van der Waals surface area contributed by atoms with Crippen molar-refractivity contribution in [2.24, 2.45) is 0 Å². The highest BCUT2D eigenvalue weighted by atomic mass is 19.4. The fourth-order valence-corrected chi connectivity index (χ4v) is 3.66. The molecular formula is C20H5F31O2. The summed E-state index contributed by atoms with van der Waals surface area (Å²) in [4.78, 5) is 10.9. The highest BCUT2D eigenvalue weighted by Gasteiger charge is 3.09. The first-order valence-electron chi connectivity index (χ1n) is 11.6. The van der Waals surface area contributed by atoms with Crippen molar-refractivity contribution in [2.45, 2.75) is 102 Å². The van der Waals surface area contributed by atoms with Gasteiger partial charge in [0.15, 0.2) is 0 Å². The Kier molecular flexibility index (Phi) is 10.3. The second-order valence-corrected chi connectivity index (χ2v) is 10.4. The van der Waals surface area contributed by atoms with Gasteiger partial charge in [-0.2, -0.15) is 132 Å². The van der Waals surface area contributed by atoms with Gasteiger partial charge < -0.3 is 4.74 Å². The summed E-state index contributed by atoms with van der Waals surface area (Å²) in [6.07, 6.45) is -7.78. The zero-order chi connectivity index (χ0) is 43.9. The Labute approximate surface area is 266 Å². The zero-order valence-corrected chi connectivity index (χ0v) is 23.2. The SMILES string of the molecule is C=C(C)C(=O)OC(F)(F)C(F)(F)C(F)(F)C(F)(F)C(F)(F)C(F)(F)C(F)(F)C(F)(F)C(F)(F)C(F)(F)C1(F)C(F)(F)C(F)(F)C(F)(F)C(F)(F)C1(F)F. The molecule has 314 valence electrons. The van der Waals surface area contributed by atoms with E-state index >= 15 is 0 Å². The zero-order valence-electron chi connectivity index (χ0n) is 23.2. The number of alkyl halides is 31. The van der Waals surface area contributed by atoms with Crippen LogP contribution in [0.2, 0.25) is 0 Å². The molecule has 33 heteroatoms. The Morgan fingerprint density at radius 1 is 0.396 bits per heavy atom. The second-order valence-electron chi connectivity index (χ2n) is 10.4. The van der Waals surface area contributed by atoms with Gasteiger partial charge in [-0.25, -0.2) is 9.18 Å². The monoisotopic (exact) mass is 866 g/mol. The van der Waals surface area contributed by atoms with E-state index in [4.69, 9.17) is 0 Å². The van der Waals surface area contributed by atoms with Gasteiger partial charge in [0, 0.05) is 5.57 Å². The molecule has 2 nitrogen and oxygen atoms in total. The molecule has 0 bridgehead atoms. The van der Waals surface area contributed by atoms with Crippen LogP contribution in [0.5, 0.6) is 0 Å². The van der Waals surface area contributed by atoms with Crippen molar-refractivity contribution in [2.75, 3.05) is 0 Å². The highest BCUT2D eigenvalue weighted by Crippen LogP contribution is 2.76. The smallest absolute Gasteiger partial charge is 0.393 e. The van der Waals surface area contributed by atoms with Crippen LogP contribution in [0.25, 0.3) is 0 Å². The molecule has 0 spiro atoms. The number of carbonyl (C=O) groups is 1. The molecule has 0 radical (unpaired) electrons. The molecule has 53 heavy (non-hydrogen) atoms. The molecule has 0 unspecified atom stereocenters. The molecule has 1 aliphatic carbocycles. The molecule has 1 aliphatic rings. The van der Waals surface area contributed by atoms with Crippen molar-refractivity contribution < 1.29 is 146 Å². The van der Waals surface area contributed by atoms with Crippen molar-refractivity contribution in [1.82, 2.24) is 0 Å². The first kappa shape index (κ1) is 48.1. The van der Waals surface area contributed by atoms with Crippen LogP contribution in [0.1, 0.15) is 6.92 Å². The third-order valence-corrected chi connectivity index (χ3v) is 6.96. The summed E-state index contributed by atoms with van der Waals surface area (Å²) in [5.74, 6) is -138. The number of esters is 1. The molecule has 0 heterocycles. The van der Waals surface area contributed by atoms with Crippen LogP contribution in [0.4, 0.5) is 136 Å². The van der Waals surface area contributed by atoms with Crippen LogP contribution < -0.4 is 0 Å². The predicted octanol–water partition coefficient (Wildman–Crippen LogP) is 10.3. The summed E-state index contributed by atoms with van der Waals surface area (Å²) in [6, 6.07) is 0. The number of hydrogen-bond acceptors (Lipinski definition) is 2. The van der Waals surface area contributed by atoms with Gasteiger partial charge in [0.05, 0.1) is 0 Å². The maximum atomic E-state index is 14.6. The van der Waals surface area contributed by atoms with E-state index in [1.54, 1.807) is 0 Å². The van der Waals surface area contributed by atoms with E-state index in [-0.39, 0.29) is 6.92 Å². The molecule has 0 aromatic heterocycles. The fraction of sp³-hybridized carbons (Fsp3) is 0.850. The van der Waals surface area contributed by atoms with Gasteiger partial charge in [0.1, 0.15) is 0 Å². The molecule has 0 aromatic carbocycles. The van der Waals surface area contributed by atoms with Gasteiger partial charge in [0.2, 0.25) is 0 Å². The average molecular weight is 866 g/mol. The molecule has 0 saturated heterocycles. The maximum absolute atomic E-state index is 14.6. The number of hydrogen-bond donors (Lipinski definition) is 0. The normalized spacial score (nSPS) is 22.6. The average Bonchev–Trinajstić information content (AvgIpc) is 2.93. The van der Waals surface area contributed by atoms with Crippen molar-refractivity contribution in [3.63, 3.8) is 0 Å². The topological polar surface area (TPSA) is 26.3 Å². The van der Waals surface area contributed by atoms with Gasteiger partial charge >= 0.3 is 101 Å². The first-order chi connectivity index (χ1) is 22.3. The fourth-order valence-electron chi connectivity index (χ4n) is 3.66. The van der Waals surface area contributed by atoms with E-state index in [0.29, 0.717) is 0 Å². The van der Waals surface area contributed by atoms with Crippen molar-refractivity contribution >= 4 is 5.97 Å². The number of halogens is 31. The quantitative estimate of drug-likeness (QED) is 0.111. The van der Waals surface area contributed by atoms with E-state index in [1.807, 2.05) is 0 Å². The summed E-state index contributed by atoms with van der Waals surface area (Å²) in [5, 5.41) is 0. The third kappa shape index (κ3) is 4.82. The second kappa shape index (κ2) is 11.3. The predicted molar refractivity (Wildman–Crippen MR) is 99.0 cm³/mol. The third-order valence-electron chi connectivity index (χ3n) is 6.96. The van der Waals surface area contributed by atoms with Crippen molar-refractivity contribution in [1.29, 1.82) is 0 Å². The highest BCUT2D eigenvalue weighted by molar-refractivity contribution is 5.87. The van der Waals surface area contributed by atoms with Gasteiger partial charge in [-0.3, -0.25) is 0 Å². The number of ether oxygens (including phenoxy) is 1. The Hall–Kier alpha value is -2.96. The number of carbonyl (C=O) groups excluding carboxylic acids is 1. The lowest BCUT2D eigenvalue weighted by Gasteiger charge is -2.55. The Morgan fingerprint density at radius 2 is 0.604 bits per heavy atom. The van der Waals surface area contributed by atoms with Gasteiger partial charge in [-0.1, -0.05) is 6.58 Å². The Balaban J connectivity index is 4.18. The number of rotatable bonds is 12. The van der Waals surface area contributed by atoms with Crippen LogP contribution in [0, 0.1) is 0 Å². The Bertz CT molecular complexity index is 1440. The van der Waals surface area contributed by atoms with E-state index in [1.165, 1.54) is 0 Å². The van der Waals surface area contributed by atoms with Gasteiger partial charge in [-0.05, 0) is 6.92 Å². The lowest BCUT2D eigenvalue weighted by Crippen LogP contribution is -2.90. The molecule has 1 fully saturated rings. The lowest BCUT2D eigenvalue weighted by atomic mass is 9.67. The molecule has 0 N–H and O–H groups in total. The minimum Gasteiger partial charge on any atom is -0.393 e. The van der Waals surface area contributed by atoms with Crippen LogP contribution in [-0.2, 0) is 9.53 Å². The minimum atomic E-state index is -10.3. The van der Waals surface area contributed by atoms with E-state index < -0.39 is 106 Å². The molecule has 0 atom stereocenters. The summed E-state index contributed by atoms with van der Waals surface area (Å²) in [7, 11) is 0. The molecular weight excluding hydrogens is 861 g/mol. The first-order valence-corrected chi connectivity index (χ1v) is 11.6. The summed E-state index contributed by atoms with van der Waals surface area (Å²) in [6.45, 7) is 2.39. The largest absolute Gasteiger partial charge is 0.473 e. The van der Waals surface area contributed by atoms with Crippen molar-refractivity contribution in [3.8, 4) is 0 Å². The maximum Gasteiger partial charge on any atom is 0.473 e. The standard InChI is InChI=1S/C20H5F31O2/c1-3(2)4(52)53-20(50,51)19(48,49)18(46,47)17(44,45)16(42,43)15(40,41)14(38,39)13(36,37)11(32,33)8(26,27)5(21)6(22,23)9(28,29)12(34,35)10(30,31)7(5,24)25/h1H2,2H3. The summed E-state index contributed by atoms with van der Waals surface area (Å²) < 4.78 is 431. The van der Waals surface area contributed by atoms with Gasteiger partial charge in [0.25, 0.3) is 0 Å². The van der Waals surface area contributed by atoms with Gasteiger partial charge in [-0.15, -0.1) is 0 Å². The molecule has 1 rings (SSSR count). The van der Waals surface area contributed by atoms with Crippen molar-refractivity contribution in [3.05, 3.63) is 12.2 Å². The van der Waals surface area contributed by atoms with E-state index in [9.17, 15) is 141 Å². The summed E-state index contributed by atoms with van der Waals surface area (Å²) >= 11 is 0. The van der Waals surface area contributed by atoms with E-state index in [0.717, 1.165) is 0 Å². The molecule has 1 saturated carbocycles. The molecule has 0 aliphatic heterocycles. The van der Waals surface area contributed by atoms with Crippen LogP contribution in [-0.4, -0.2) is 101 Å². The lowest BCUT2D eigenvalue weighted by molar-refractivity contribution is -0.528. The molecule has 0 aromatic rings. The van der Waals surface area contributed by atoms with Crippen LogP contribution in [0.15, 0.2) is 12.2 Å². The summed E-state index contributed by atoms with van der Waals surface area (Å²) in [5.41, 5.74) is -11.6. The Morgan fingerprint density at radius 3 is 0.849 bits per heavy atom. The van der Waals surface area contributed by atoms with Crippen LogP contribution in [0.3, 0.4) is 0 Å². The van der Waals surface area contributed by atoms with E-state index in [2.05, 4.69) is 11.3 Å².